The van der Waals surface area contributed by atoms with Crippen molar-refractivity contribution in [2.24, 2.45) is 4.99 Å². The molecule has 0 amide bonds. The van der Waals surface area contributed by atoms with Crippen LogP contribution in [0.1, 0.15) is 24.0 Å². The van der Waals surface area contributed by atoms with Crippen molar-refractivity contribution in [3.8, 4) is 0 Å². The molecule has 2 N–H and O–H groups in total. The molecule has 6 nitrogen and oxygen atoms in total. The minimum Gasteiger partial charge on any atom is -0.356 e. The lowest BCUT2D eigenvalue weighted by molar-refractivity contribution is -0.384. The second-order valence-corrected chi connectivity index (χ2v) is 6.46. The molecule has 0 saturated heterocycles. The molecule has 1 aliphatic carbocycles. The summed E-state index contributed by atoms with van der Waals surface area (Å²) in [5, 5.41) is 17.1. The predicted octanol–water partition coefficient (Wildman–Crippen LogP) is 3.75. The maximum atomic E-state index is 14.1. The molecule has 2 aromatic rings. The van der Waals surface area contributed by atoms with Crippen molar-refractivity contribution >= 4 is 35.6 Å². The van der Waals surface area contributed by atoms with Gasteiger partial charge in [-0.05, 0) is 30.0 Å². The van der Waals surface area contributed by atoms with Crippen LogP contribution in [0.25, 0.3) is 0 Å². The lowest BCUT2D eigenvalue weighted by Gasteiger charge is -2.19. The monoisotopic (exact) mass is 484 g/mol. The van der Waals surface area contributed by atoms with E-state index >= 15 is 0 Å². The number of hydrogen-bond acceptors (Lipinski definition) is 3. The highest BCUT2D eigenvalue weighted by atomic mass is 127. The van der Waals surface area contributed by atoms with Crippen molar-refractivity contribution in [1.82, 2.24) is 10.6 Å². The van der Waals surface area contributed by atoms with Gasteiger partial charge in [0.25, 0.3) is 5.69 Å². The van der Waals surface area contributed by atoms with E-state index in [1.54, 1.807) is 25.2 Å². The van der Waals surface area contributed by atoms with Gasteiger partial charge in [-0.25, -0.2) is 4.39 Å². The Hall–Kier alpha value is -2.23. The first-order valence-corrected chi connectivity index (χ1v) is 8.47. The molecule has 1 aliphatic rings. The first-order valence-electron chi connectivity index (χ1n) is 8.47. The van der Waals surface area contributed by atoms with Crippen LogP contribution in [0.5, 0.6) is 0 Å². The quantitative estimate of drug-likeness (QED) is 0.215. The number of benzene rings is 2. The molecule has 0 bridgehead atoms. The van der Waals surface area contributed by atoms with Crippen molar-refractivity contribution in [2.45, 2.75) is 24.8 Å². The minimum absolute atomic E-state index is 0. The molecule has 2 aromatic carbocycles. The maximum absolute atomic E-state index is 14.1. The van der Waals surface area contributed by atoms with Gasteiger partial charge in [-0.15, -0.1) is 24.0 Å². The highest BCUT2D eigenvalue weighted by Gasteiger charge is 2.45. The summed E-state index contributed by atoms with van der Waals surface area (Å²) in [4.78, 5) is 14.5. The number of nitrogens with zero attached hydrogens (tertiary/aromatic N) is 2. The van der Waals surface area contributed by atoms with Gasteiger partial charge in [0.1, 0.15) is 5.82 Å². The van der Waals surface area contributed by atoms with Crippen LogP contribution in [0.15, 0.2) is 53.5 Å². The molecule has 0 spiro atoms. The molecular weight excluding hydrogens is 462 g/mol. The number of non-ortho nitro benzene ring substituents is 1. The summed E-state index contributed by atoms with van der Waals surface area (Å²) in [6.07, 6.45) is 1.89. The molecule has 0 radical (unpaired) electrons. The third kappa shape index (κ3) is 5.15. The van der Waals surface area contributed by atoms with Gasteiger partial charge in [0.2, 0.25) is 0 Å². The van der Waals surface area contributed by atoms with Gasteiger partial charge in [-0.3, -0.25) is 15.1 Å². The van der Waals surface area contributed by atoms with Crippen molar-refractivity contribution in [3.05, 3.63) is 75.6 Å². The zero-order valence-corrected chi connectivity index (χ0v) is 17.3. The van der Waals surface area contributed by atoms with Gasteiger partial charge in [0.15, 0.2) is 5.96 Å². The highest BCUT2D eigenvalue weighted by molar-refractivity contribution is 14.0. The molecule has 0 aromatic heterocycles. The Labute approximate surface area is 174 Å². The van der Waals surface area contributed by atoms with E-state index in [0.29, 0.717) is 19.0 Å². The summed E-state index contributed by atoms with van der Waals surface area (Å²) < 4.78 is 14.1. The van der Waals surface area contributed by atoms with Gasteiger partial charge in [-0.1, -0.05) is 30.3 Å². The van der Waals surface area contributed by atoms with Crippen LogP contribution in [-0.4, -0.2) is 24.5 Å². The normalized spacial score (nSPS) is 14.8. The average Bonchev–Trinajstić information content (AvgIpc) is 3.43. The van der Waals surface area contributed by atoms with E-state index in [1.807, 2.05) is 12.1 Å². The van der Waals surface area contributed by atoms with Crippen LogP contribution in [0.3, 0.4) is 0 Å². The molecule has 0 aliphatic heterocycles. The summed E-state index contributed by atoms with van der Waals surface area (Å²) in [5.41, 5.74) is 1.56. The summed E-state index contributed by atoms with van der Waals surface area (Å²) in [6.45, 7) is 1.10. The SMILES string of the molecule is CN=C(NCc1ccc([N+](=O)[O-])cc1)NCC1(c2ccccc2F)CC1.I. The Balaban J connectivity index is 0.00000261. The predicted molar refractivity (Wildman–Crippen MR) is 114 cm³/mol. The molecule has 0 heterocycles. The lowest BCUT2D eigenvalue weighted by atomic mass is 9.95. The fourth-order valence-corrected chi connectivity index (χ4v) is 2.98. The first kappa shape index (κ1) is 21.1. The van der Waals surface area contributed by atoms with E-state index in [4.69, 9.17) is 0 Å². The third-order valence-corrected chi connectivity index (χ3v) is 4.72. The summed E-state index contributed by atoms with van der Waals surface area (Å²) in [5.74, 6) is 0.451. The number of guanidine groups is 1. The first-order chi connectivity index (χ1) is 12.5. The van der Waals surface area contributed by atoms with Gasteiger partial charge in [-0.2, -0.15) is 0 Å². The topological polar surface area (TPSA) is 79.6 Å². The smallest absolute Gasteiger partial charge is 0.269 e. The Morgan fingerprint density at radius 3 is 2.41 bits per heavy atom. The van der Waals surface area contributed by atoms with Crippen LogP contribution >= 0.6 is 24.0 Å². The number of nitro groups is 1. The second-order valence-electron chi connectivity index (χ2n) is 6.46. The molecule has 8 heteroatoms. The van der Waals surface area contributed by atoms with Crippen molar-refractivity contribution in [3.63, 3.8) is 0 Å². The van der Waals surface area contributed by atoms with Crippen molar-refractivity contribution in [1.29, 1.82) is 0 Å². The van der Waals surface area contributed by atoms with Crippen LogP contribution in [-0.2, 0) is 12.0 Å². The van der Waals surface area contributed by atoms with Gasteiger partial charge in [0.05, 0.1) is 4.92 Å². The number of halogens is 2. The Bertz CT molecular complexity index is 823. The van der Waals surface area contributed by atoms with Crippen LogP contribution in [0.2, 0.25) is 0 Å². The molecule has 27 heavy (non-hydrogen) atoms. The van der Waals surface area contributed by atoms with Gasteiger partial charge >= 0.3 is 0 Å². The largest absolute Gasteiger partial charge is 0.356 e. The Kier molecular flexibility index (Phi) is 7.11. The fourth-order valence-electron chi connectivity index (χ4n) is 2.98. The lowest BCUT2D eigenvalue weighted by Crippen LogP contribution is -2.41. The molecule has 1 fully saturated rings. The van der Waals surface area contributed by atoms with E-state index in [1.165, 1.54) is 18.2 Å². The van der Waals surface area contributed by atoms with Crippen molar-refractivity contribution in [2.75, 3.05) is 13.6 Å². The summed E-state index contributed by atoms with van der Waals surface area (Å²) in [7, 11) is 1.67. The Morgan fingerprint density at radius 2 is 1.85 bits per heavy atom. The average molecular weight is 484 g/mol. The number of hydrogen-bond donors (Lipinski definition) is 2. The van der Waals surface area contributed by atoms with Crippen LogP contribution in [0, 0.1) is 15.9 Å². The minimum atomic E-state index is -0.421. The van der Waals surface area contributed by atoms with Crippen molar-refractivity contribution < 1.29 is 9.31 Å². The third-order valence-electron chi connectivity index (χ3n) is 4.72. The number of nitrogens with one attached hydrogen (secondary N) is 2. The molecule has 0 unspecified atom stereocenters. The van der Waals surface area contributed by atoms with E-state index in [0.717, 1.165) is 24.0 Å². The molecule has 144 valence electrons. The molecular formula is C19H22FIN4O2. The van der Waals surface area contributed by atoms with Gasteiger partial charge in [0, 0.05) is 37.7 Å². The van der Waals surface area contributed by atoms with E-state index < -0.39 is 4.92 Å². The zero-order chi connectivity index (χ0) is 18.6. The zero-order valence-electron chi connectivity index (χ0n) is 14.9. The molecule has 1 saturated carbocycles. The summed E-state index contributed by atoms with van der Waals surface area (Å²) in [6, 6.07) is 13.3. The molecule has 0 atom stereocenters. The van der Waals surface area contributed by atoms with Gasteiger partial charge < -0.3 is 10.6 Å². The fraction of sp³-hybridized carbons (Fsp3) is 0.316. The maximum Gasteiger partial charge on any atom is 0.269 e. The second kappa shape index (κ2) is 9.12. The molecule has 3 rings (SSSR count). The number of aliphatic imine (C=N–C) groups is 1. The summed E-state index contributed by atoms with van der Waals surface area (Å²) >= 11 is 0. The van der Waals surface area contributed by atoms with E-state index in [2.05, 4.69) is 15.6 Å². The van der Waals surface area contributed by atoms with E-state index in [-0.39, 0.29) is 40.9 Å². The van der Waals surface area contributed by atoms with E-state index in [9.17, 15) is 14.5 Å². The Morgan fingerprint density at radius 1 is 1.19 bits per heavy atom. The van der Waals surface area contributed by atoms with Crippen LogP contribution in [0.4, 0.5) is 10.1 Å². The van der Waals surface area contributed by atoms with Crippen LogP contribution < -0.4 is 10.6 Å². The highest BCUT2D eigenvalue weighted by Crippen LogP contribution is 2.48. The number of nitro benzene ring substituents is 1. The standard InChI is InChI=1S/C19H21FN4O2.HI/c1-21-18(22-12-14-6-8-15(9-7-14)24(25)26)23-13-19(10-11-19)16-4-2-3-5-17(16)20;/h2-9H,10-13H2,1H3,(H2,21,22,23);1H. The number of rotatable bonds is 6.